The van der Waals surface area contributed by atoms with Crippen molar-refractivity contribution in [2.75, 3.05) is 6.61 Å². The van der Waals surface area contributed by atoms with Gasteiger partial charge in [-0.15, -0.1) is 0 Å². The minimum absolute atomic E-state index is 0.0182. The lowest BCUT2D eigenvalue weighted by Gasteiger charge is -2.39. The molecule has 4 nitrogen and oxygen atoms in total. The smallest absolute Gasteiger partial charge is 0.460 e. The third kappa shape index (κ3) is 6.41. The first-order chi connectivity index (χ1) is 16.4. The van der Waals surface area contributed by atoms with Gasteiger partial charge in [-0.05, 0) is 38.1 Å². The van der Waals surface area contributed by atoms with Crippen LogP contribution in [0.3, 0.4) is 0 Å². The standard InChI is InChI=1S/C20H17F13O4/c1-10(2)14(34)37-13-6-4-12(5-7-13)36-11(3)35-9-8-15(21,22)16(23,24)17(25,26)18(27,28)19(29,30)20(31,32)33/h4-7,11H,1,8-9H2,2-3H3. The molecule has 0 aliphatic heterocycles. The third-order valence-electron chi connectivity index (χ3n) is 4.45. The average Bonchev–Trinajstić information content (AvgIpc) is 2.73. The van der Waals surface area contributed by atoms with Crippen LogP contribution in [0.25, 0.3) is 0 Å². The number of halogens is 13. The lowest BCUT2D eigenvalue weighted by molar-refractivity contribution is -0.440. The van der Waals surface area contributed by atoms with E-state index in [1.165, 1.54) is 19.1 Å². The van der Waals surface area contributed by atoms with E-state index in [1.54, 1.807) is 0 Å². The van der Waals surface area contributed by atoms with Gasteiger partial charge in [-0.1, -0.05) is 6.58 Å². The SMILES string of the molecule is C=C(C)C(=O)Oc1ccc(OC(C)OCCC(F)(F)C(F)(F)C(F)(F)C(F)(F)C(F)(F)C(F)(F)F)cc1. The van der Waals surface area contributed by atoms with Crippen molar-refractivity contribution in [2.45, 2.75) is 62.3 Å². The molecule has 1 rings (SSSR count). The summed E-state index contributed by atoms with van der Waals surface area (Å²) in [7, 11) is 0. The Bertz CT molecular complexity index is 956. The quantitative estimate of drug-likeness (QED) is 0.0893. The first-order valence-electron chi connectivity index (χ1n) is 9.64. The van der Waals surface area contributed by atoms with Gasteiger partial charge in [0.25, 0.3) is 0 Å². The maximum atomic E-state index is 13.7. The molecule has 1 unspecified atom stereocenters. The Morgan fingerprint density at radius 2 is 1.22 bits per heavy atom. The van der Waals surface area contributed by atoms with Gasteiger partial charge in [0.1, 0.15) is 11.5 Å². The van der Waals surface area contributed by atoms with E-state index in [9.17, 15) is 61.9 Å². The number of alkyl halides is 13. The largest absolute Gasteiger partial charge is 0.465 e. The summed E-state index contributed by atoms with van der Waals surface area (Å²) in [5.41, 5.74) is 0.0697. The molecule has 0 amide bonds. The van der Waals surface area contributed by atoms with Crippen LogP contribution in [0.15, 0.2) is 36.4 Å². The molecule has 0 aliphatic carbocycles. The number of ether oxygens (including phenoxy) is 3. The predicted octanol–water partition coefficient (Wildman–Crippen LogP) is 7.04. The highest BCUT2D eigenvalue weighted by Gasteiger charge is 2.90. The lowest BCUT2D eigenvalue weighted by atomic mass is 9.93. The van der Waals surface area contributed by atoms with Crippen LogP contribution in [0.2, 0.25) is 0 Å². The monoisotopic (exact) mass is 568 g/mol. The van der Waals surface area contributed by atoms with Crippen LogP contribution < -0.4 is 9.47 Å². The molecule has 17 heteroatoms. The molecule has 1 atom stereocenters. The highest BCUT2D eigenvalue weighted by Crippen LogP contribution is 2.60. The Balaban J connectivity index is 2.86. The summed E-state index contributed by atoms with van der Waals surface area (Å²) in [6.45, 7) is 4.07. The van der Waals surface area contributed by atoms with Gasteiger partial charge in [0, 0.05) is 12.0 Å². The minimum Gasteiger partial charge on any atom is -0.465 e. The fraction of sp³-hybridized carbons (Fsp3) is 0.550. The van der Waals surface area contributed by atoms with Crippen LogP contribution in [-0.2, 0) is 9.53 Å². The molecule has 0 saturated carbocycles. The number of carbonyl (C=O) groups excluding carboxylic acids is 1. The molecule has 212 valence electrons. The van der Waals surface area contributed by atoms with E-state index in [0.29, 0.717) is 0 Å². The van der Waals surface area contributed by atoms with E-state index in [1.807, 2.05) is 0 Å². The van der Waals surface area contributed by atoms with E-state index < -0.39 is 61.1 Å². The molecule has 1 aromatic carbocycles. The molecule has 0 heterocycles. The van der Waals surface area contributed by atoms with Crippen LogP contribution >= 0.6 is 0 Å². The van der Waals surface area contributed by atoms with Crippen LogP contribution in [0, 0.1) is 0 Å². The van der Waals surface area contributed by atoms with Crippen LogP contribution in [0.1, 0.15) is 20.3 Å². The molecule has 0 bridgehead atoms. The molecule has 0 N–H and O–H groups in total. The van der Waals surface area contributed by atoms with Crippen molar-refractivity contribution in [1.82, 2.24) is 0 Å². The summed E-state index contributed by atoms with van der Waals surface area (Å²) in [6.07, 6.45) is -11.6. The Labute approximate surface area is 200 Å². The van der Waals surface area contributed by atoms with Crippen LogP contribution in [0.5, 0.6) is 11.5 Å². The lowest BCUT2D eigenvalue weighted by Crippen LogP contribution is -2.70. The molecule has 0 fully saturated rings. The van der Waals surface area contributed by atoms with Gasteiger partial charge >= 0.3 is 41.8 Å². The first kappa shape index (κ1) is 32.3. The topological polar surface area (TPSA) is 44.8 Å². The number of hydrogen-bond acceptors (Lipinski definition) is 4. The zero-order valence-electron chi connectivity index (χ0n) is 18.6. The molecule has 0 saturated heterocycles. The van der Waals surface area contributed by atoms with Gasteiger partial charge in [0.05, 0.1) is 6.61 Å². The second kappa shape index (κ2) is 10.6. The zero-order valence-corrected chi connectivity index (χ0v) is 18.6. The molecule has 0 aliphatic rings. The molecule has 1 aromatic rings. The Morgan fingerprint density at radius 1 is 0.784 bits per heavy atom. The highest BCUT2D eigenvalue weighted by atomic mass is 19.4. The maximum absolute atomic E-state index is 13.7. The normalized spacial score (nSPS) is 14.8. The number of benzene rings is 1. The van der Waals surface area contributed by atoms with Gasteiger partial charge in [-0.2, -0.15) is 57.1 Å². The van der Waals surface area contributed by atoms with E-state index in [0.717, 1.165) is 19.1 Å². The predicted molar refractivity (Wildman–Crippen MR) is 98.3 cm³/mol. The van der Waals surface area contributed by atoms with Crippen molar-refractivity contribution >= 4 is 5.97 Å². The van der Waals surface area contributed by atoms with Crippen LogP contribution in [-0.4, -0.2) is 54.7 Å². The molecule has 0 aromatic heterocycles. The Morgan fingerprint density at radius 3 is 1.65 bits per heavy atom. The maximum Gasteiger partial charge on any atom is 0.460 e. The Hall–Kier alpha value is -2.72. The van der Waals surface area contributed by atoms with E-state index in [-0.39, 0.29) is 17.1 Å². The van der Waals surface area contributed by atoms with E-state index in [4.69, 9.17) is 9.47 Å². The summed E-state index contributed by atoms with van der Waals surface area (Å²) in [5.74, 6) is -38.0. The summed E-state index contributed by atoms with van der Waals surface area (Å²) in [6, 6.07) is 4.70. The number of esters is 1. The zero-order chi connectivity index (χ0) is 29.3. The summed E-state index contributed by atoms with van der Waals surface area (Å²) < 4.78 is 184. The van der Waals surface area contributed by atoms with Crippen LogP contribution in [0.4, 0.5) is 57.1 Å². The second-order valence-corrected chi connectivity index (χ2v) is 7.45. The summed E-state index contributed by atoms with van der Waals surface area (Å²) in [5, 5.41) is 0. The van der Waals surface area contributed by atoms with Crippen molar-refractivity contribution < 1.29 is 76.1 Å². The molecule has 0 spiro atoms. The van der Waals surface area contributed by atoms with Gasteiger partial charge in [-0.3, -0.25) is 0 Å². The molecule has 37 heavy (non-hydrogen) atoms. The number of rotatable bonds is 12. The highest BCUT2D eigenvalue weighted by molar-refractivity contribution is 5.88. The molecule has 0 radical (unpaired) electrons. The third-order valence-corrected chi connectivity index (χ3v) is 4.45. The van der Waals surface area contributed by atoms with Gasteiger partial charge in [0.15, 0.2) is 6.29 Å². The average molecular weight is 568 g/mol. The van der Waals surface area contributed by atoms with Crippen molar-refractivity contribution in [1.29, 1.82) is 0 Å². The van der Waals surface area contributed by atoms with Crippen molar-refractivity contribution in [3.05, 3.63) is 36.4 Å². The van der Waals surface area contributed by atoms with Gasteiger partial charge < -0.3 is 14.2 Å². The summed E-state index contributed by atoms with van der Waals surface area (Å²) in [4.78, 5) is 11.4. The molecular formula is C20H17F13O4. The summed E-state index contributed by atoms with van der Waals surface area (Å²) >= 11 is 0. The minimum atomic E-state index is -7.95. The molecular weight excluding hydrogens is 551 g/mol. The fourth-order valence-electron chi connectivity index (χ4n) is 2.32. The van der Waals surface area contributed by atoms with Crippen molar-refractivity contribution in [2.24, 2.45) is 0 Å². The van der Waals surface area contributed by atoms with Gasteiger partial charge in [-0.25, -0.2) is 4.79 Å². The second-order valence-electron chi connectivity index (χ2n) is 7.45. The number of hydrogen-bond donors (Lipinski definition) is 0. The van der Waals surface area contributed by atoms with E-state index in [2.05, 4.69) is 11.3 Å². The number of carbonyl (C=O) groups is 1. The van der Waals surface area contributed by atoms with E-state index >= 15 is 0 Å². The van der Waals surface area contributed by atoms with Crippen molar-refractivity contribution in [3.63, 3.8) is 0 Å². The van der Waals surface area contributed by atoms with Gasteiger partial charge in [0.2, 0.25) is 0 Å². The first-order valence-corrected chi connectivity index (χ1v) is 9.64. The Kier molecular flexibility index (Phi) is 9.23. The van der Waals surface area contributed by atoms with Crippen molar-refractivity contribution in [3.8, 4) is 11.5 Å². The fourth-order valence-corrected chi connectivity index (χ4v) is 2.32.